The smallest absolute Gasteiger partial charge is 0.187 e. The molecule has 0 radical (unpaired) electrons. The van der Waals surface area contributed by atoms with Crippen LogP contribution in [0.4, 0.5) is 0 Å². The molecule has 0 amide bonds. The van der Waals surface area contributed by atoms with E-state index in [9.17, 15) is 0 Å². The van der Waals surface area contributed by atoms with E-state index in [4.69, 9.17) is 0 Å². The van der Waals surface area contributed by atoms with E-state index in [1.165, 1.54) is 18.4 Å². The minimum atomic E-state index is 0.743. The van der Waals surface area contributed by atoms with E-state index < -0.39 is 0 Å². The van der Waals surface area contributed by atoms with Crippen molar-refractivity contribution >= 4 is 24.4 Å². The van der Waals surface area contributed by atoms with Gasteiger partial charge in [0.25, 0.3) is 0 Å². The Labute approximate surface area is 114 Å². The summed E-state index contributed by atoms with van der Waals surface area (Å²) in [5.41, 5.74) is 3.41. The van der Waals surface area contributed by atoms with Crippen molar-refractivity contribution in [3.05, 3.63) is 17.0 Å². The van der Waals surface area contributed by atoms with Gasteiger partial charge in [0.15, 0.2) is 5.16 Å². The van der Waals surface area contributed by atoms with Gasteiger partial charge in [0, 0.05) is 17.1 Å². The van der Waals surface area contributed by atoms with Gasteiger partial charge in [-0.1, -0.05) is 18.7 Å². The lowest BCUT2D eigenvalue weighted by molar-refractivity contribution is 0.553. The molecule has 0 fully saturated rings. The van der Waals surface area contributed by atoms with E-state index in [0.29, 0.717) is 0 Å². The minimum Gasteiger partial charge on any atom is -0.228 e. The molecule has 0 spiro atoms. The first-order valence-electron chi connectivity index (χ1n) is 6.10. The van der Waals surface area contributed by atoms with Crippen LogP contribution in [-0.2, 0) is 0 Å². The fourth-order valence-corrected chi connectivity index (χ4v) is 3.07. The Kier molecular flexibility index (Phi) is 6.34. The lowest BCUT2D eigenvalue weighted by Crippen LogP contribution is -2.01. The minimum absolute atomic E-state index is 0.743. The normalized spacial score (nSPS) is 12.8. The maximum atomic E-state index is 4.51. The van der Waals surface area contributed by atoms with Gasteiger partial charge in [0.05, 0.1) is 0 Å². The molecule has 1 atom stereocenters. The van der Waals surface area contributed by atoms with Crippen LogP contribution in [0.3, 0.4) is 0 Å². The molecule has 4 heteroatoms. The first-order chi connectivity index (χ1) is 8.04. The highest BCUT2D eigenvalue weighted by Crippen LogP contribution is 2.20. The zero-order valence-corrected chi connectivity index (χ0v) is 12.9. The van der Waals surface area contributed by atoms with E-state index in [2.05, 4.69) is 50.3 Å². The number of nitrogens with zero attached hydrogens (tertiary/aromatic N) is 2. The van der Waals surface area contributed by atoms with Gasteiger partial charge in [0.1, 0.15) is 0 Å². The molecule has 0 N–H and O–H groups in total. The van der Waals surface area contributed by atoms with Gasteiger partial charge < -0.3 is 0 Å². The van der Waals surface area contributed by atoms with Gasteiger partial charge in [-0.05, 0) is 50.8 Å². The van der Waals surface area contributed by atoms with E-state index in [0.717, 1.165) is 34.0 Å². The van der Waals surface area contributed by atoms with Crippen LogP contribution < -0.4 is 0 Å². The van der Waals surface area contributed by atoms with Crippen molar-refractivity contribution in [3.8, 4) is 0 Å². The number of hydrogen-bond acceptors (Lipinski definition) is 4. The van der Waals surface area contributed by atoms with Crippen LogP contribution >= 0.6 is 24.4 Å². The highest BCUT2D eigenvalue weighted by molar-refractivity contribution is 7.99. The summed E-state index contributed by atoms with van der Waals surface area (Å²) >= 11 is 6.02. The van der Waals surface area contributed by atoms with Crippen molar-refractivity contribution in [2.45, 2.75) is 45.7 Å². The molecule has 96 valence electrons. The number of rotatable bonds is 6. The predicted octanol–water partition coefficient (Wildman–Crippen LogP) is 3.84. The quantitative estimate of drug-likeness (QED) is 0.483. The number of aromatic nitrogens is 2. The molecular weight excluding hydrogens is 248 g/mol. The van der Waals surface area contributed by atoms with Gasteiger partial charge in [-0.2, -0.15) is 12.6 Å². The van der Waals surface area contributed by atoms with Crippen molar-refractivity contribution in [3.63, 3.8) is 0 Å². The molecule has 0 saturated carbocycles. The fourth-order valence-electron chi connectivity index (χ4n) is 1.52. The average Bonchev–Trinajstić information content (AvgIpc) is 2.26. The van der Waals surface area contributed by atoms with Crippen molar-refractivity contribution in [1.82, 2.24) is 9.97 Å². The summed E-state index contributed by atoms with van der Waals surface area (Å²) in [5.74, 6) is 2.81. The molecular formula is C13H22N2S2. The summed E-state index contributed by atoms with van der Waals surface area (Å²) < 4.78 is 0. The maximum Gasteiger partial charge on any atom is 0.187 e. The maximum absolute atomic E-state index is 4.51. The van der Waals surface area contributed by atoms with Crippen LogP contribution in [0.2, 0.25) is 0 Å². The molecule has 0 aromatic carbocycles. The summed E-state index contributed by atoms with van der Waals surface area (Å²) in [7, 11) is 0. The molecule has 1 unspecified atom stereocenters. The van der Waals surface area contributed by atoms with Crippen LogP contribution in [0.15, 0.2) is 5.16 Å². The largest absolute Gasteiger partial charge is 0.228 e. The Morgan fingerprint density at radius 2 is 1.71 bits per heavy atom. The molecule has 2 nitrogen and oxygen atoms in total. The summed E-state index contributed by atoms with van der Waals surface area (Å²) in [6.45, 7) is 8.46. The number of thioether (sulfide) groups is 1. The molecule has 1 aromatic rings. The third kappa shape index (κ3) is 4.88. The second-order valence-corrected chi connectivity index (χ2v) is 6.07. The Morgan fingerprint density at radius 3 is 2.24 bits per heavy atom. The van der Waals surface area contributed by atoms with E-state index in [1.54, 1.807) is 11.8 Å². The monoisotopic (exact) mass is 270 g/mol. The van der Waals surface area contributed by atoms with Gasteiger partial charge in [-0.3, -0.25) is 0 Å². The third-order valence-electron chi connectivity index (χ3n) is 3.08. The first kappa shape index (κ1) is 14.8. The van der Waals surface area contributed by atoms with Crippen LogP contribution in [0.5, 0.6) is 0 Å². The lowest BCUT2D eigenvalue weighted by atomic mass is 10.1. The molecule has 0 aliphatic carbocycles. The first-order valence-corrected chi connectivity index (χ1v) is 7.72. The molecule has 0 aliphatic heterocycles. The lowest BCUT2D eigenvalue weighted by Gasteiger charge is -2.09. The van der Waals surface area contributed by atoms with Crippen LogP contribution in [0.1, 0.15) is 36.7 Å². The van der Waals surface area contributed by atoms with Gasteiger partial charge in [-0.15, -0.1) is 0 Å². The molecule has 17 heavy (non-hydrogen) atoms. The molecule has 1 aromatic heterocycles. The van der Waals surface area contributed by atoms with Gasteiger partial charge in [0.2, 0.25) is 0 Å². The van der Waals surface area contributed by atoms with Crippen LogP contribution in [-0.4, -0.2) is 21.5 Å². The van der Waals surface area contributed by atoms with E-state index in [1.807, 2.05) is 0 Å². The second-order valence-electron chi connectivity index (χ2n) is 4.56. The highest BCUT2D eigenvalue weighted by atomic mass is 32.2. The van der Waals surface area contributed by atoms with Crippen molar-refractivity contribution in [2.75, 3.05) is 11.5 Å². The number of aryl methyl sites for hydroxylation is 2. The van der Waals surface area contributed by atoms with Gasteiger partial charge in [-0.25, -0.2) is 9.97 Å². The van der Waals surface area contributed by atoms with Crippen LogP contribution in [0, 0.1) is 26.7 Å². The molecule has 1 heterocycles. The van der Waals surface area contributed by atoms with Gasteiger partial charge >= 0.3 is 0 Å². The Bertz CT molecular complexity index is 343. The highest BCUT2D eigenvalue weighted by Gasteiger charge is 2.06. The average molecular weight is 270 g/mol. The summed E-state index contributed by atoms with van der Waals surface area (Å²) in [6, 6.07) is 0. The number of thiol groups is 1. The SMILES string of the molecule is Cc1nc(SCCC(C)CCS)nc(C)c1C. The van der Waals surface area contributed by atoms with Crippen molar-refractivity contribution in [2.24, 2.45) is 5.92 Å². The van der Waals surface area contributed by atoms with Crippen molar-refractivity contribution in [1.29, 1.82) is 0 Å². The molecule has 1 rings (SSSR count). The standard InChI is InChI=1S/C13H22N2S2/c1-9(5-7-16)6-8-17-13-14-11(3)10(2)12(4)15-13/h9,16H,5-8H2,1-4H3. The summed E-state index contributed by atoms with van der Waals surface area (Å²) in [5, 5.41) is 0.920. The predicted molar refractivity (Wildman–Crippen MR) is 79.2 cm³/mol. The molecule has 0 aliphatic rings. The third-order valence-corrected chi connectivity index (χ3v) is 4.21. The van der Waals surface area contributed by atoms with Crippen LogP contribution in [0.25, 0.3) is 0 Å². The molecule has 0 bridgehead atoms. The fraction of sp³-hybridized carbons (Fsp3) is 0.692. The summed E-state index contributed by atoms with van der Waals surface area (Å²) in [6.07, 6.45) is 2.40. The zero-order chi connectivity index (χ0) is 12.8. The number of hydrogen-bond donors (Lipinski definition) is 1. The topological polar surface area (TPSA) is 25.8 Å². The van der Waals surface area contributed by atoms with E-state index in [-0.39, 0.29) is 0 Å². The summed E-state index contributed by atoms with van der Waals surface area (Å²) in [4.78, 5) is 9.03. The van der Waals surface area contributed by atoms with Crippen molar-refractivity contribution < 1.29 is 0 Å². The Morgan fingerprint density at radius 1 is 1.12 bits per heavy atom. The molecule has 0 saturated heterocycles. The Hall–Kier alpha value is -0.220. The van der Waals surface area contributed by atoms with E-state index >= 15 is 0 Å². The zero-order valence-electron chi connectivity index (χ0n) is 11.2. The Balaban J connectivity index is 2.47. The second kappa shape index (κ2) is 7.27.